The lowest BCUT2D eigenvalue weighted by molar-refractivity contribution is -0.137. The Morgan fingerprint density at radius 3 is 2.79 bits per heavy atom. The summed E-state index contributed by atoms with van der Waals surface area (Å²) < 4.78 is 28.9. The van der Waals surface area contributed by atoms with Crippen LogP contribution in [0.4, 0.5) is 4.39 Å². The fourth-order valence-corrected chi connectivity index (χ4v) is 3.30. The number of nitrogens with zero attached hydrogens (tertiary/aromatic N) is 2. The van der Waals surface area contributed by atoms with Crippen molar-refractivity contribution in [2.75, 3.05) is 27.1 Å². The maximum atomic E-state index is 13.2. The van der Waals surface area contributed by atoms with Gasteiger partial charge in [-0.25, -0.2) is 4.39 Å². The van der Waals surface area contributed by atoms with Gasteiger partial charge in [0.1, 0.15) is 12.4 Å². The first kappa shape index (κ1) is 19.2. The maximum Gasteiger partial charge on any atom is 0.248 e. The van der Waals surface area contributed by atoms with Gasteiger partial charge in [0.25, 0.3) is 0 Å². The summed E-state index contributed by atoms with van der Waals surface area (Å²) in [6.07, 6.45) is 0.275. The first-order chi connectivity index (χ1) is 14.1. The van der Waals surface area contributed by atoms with Crippen LogP contribution in [0.25, 0.3) is 0 Å². The molecule has 0 saturated heterocycles. The van der Waals surface area contributed by atoms with E-state index in [0.717, 1.165) is 16.8 Å². The molecular formula is C21H21FN2O5. The molecule has 2 aliphatic rings. The van der Waals surface area contributed by atoms with Gasteiger partial charge in [-0.1, -0.05) is 17.3 Å². The zero-order chi connectivity index (χ0) is 20.2. The van der Waals surface area contributed by atoms with Crippen LogP contribution in [0.5, 0.6) is 11.5 Å². The van der Waals surface area contributed by atoms with Gasteiger partial charge >= 0.3 is 0 Å². The molecule has 29 heavy (non-hydrogen) atoms. The summed E-state index contributed by atoms with van der Waals surface area (Å²) in [5.41, 5.74) is 2.50. The molecule has 0 saturated carbocycles. The lowest BCUT2D eigenvalue weighted by Crippen LogP contribution is -2.39. The number of halogens is 1. The van der Waals surface area contributed by atoms with E-state index in [2.05, 4.69) is 5.16 Å². The standard InChI is InChI=1S/C21H21FN2O5/c1-26-12-21(25)24(10-14-2-5-16(22)6-3-14)11-17-9-18(23-29-17)15-4-7-19-20(8-15)28-13-27-19/h2-8,17H,9-13H2,1H3/t17-/m0/s1. The summed E-state index contributed by atoms with van der Waals surface area (Å²) >= 11 is 0. The summed E-state index contributed by atoms with van der Waals surface area (Å²) in [6.45, 7) is 0.854. The second-order valence-electron chi connectivity index (χ2n) is 6.87. The molecule has 2 aliphatic heterocycles. The lowest BCUT2D eigenvalue weighted by Gasteiger charge is -2.24. The van der Waals surface area contributed by atoms with Crippen LogP contribution in [0.3, 0.4) is 0 Å². The highest BCUT2D eigenvalue weighted by Crippen LogP contribution is 2.33. The number of methoxy groups -OCH3 is 1. The van der Waals surface area contributed by atoms with Crippen LogP contribution in [-0.2, 0) is 20.9 Å². The van der Waals surface area contributed by atoms with E-state index >= 15 is 0 Å². The molecule has 2 aromatic rings. The van der Waals surface area contributed by atoms with E-state index in [1.54, 1.807) is 17.0 Å². The molecule has 0 unspecified atom stereocenters. The number of amides is 1. The largest absolute Gasteiger partial charge is 0.454 e. The van der Waals surface area contributed by atoms with Crippen LogP contribution in [0.2, 0.25) is 0 Å². The van der Waals surface area contributed by atoms with Crippen molar-refractivity contribution in [2.24, 2.45) is 5.16 Å². The van der Waals surface area contributed by atoms with E-state index in [4.69, 9.17) is 19.0 Å². The topological polar surface area (TPSA) is 69.6 Å². The predicted octanol–water partition coefficient (Wildman–Crippen LogP) is 2.72. The molecule has 0 spiro atoms. The van der Waals surface area contributed by atoms with Gasteiger partial charge in [0.05, 0.1) is 12.3 Å². The van der Waals surface area contributed by atoms with Crippen molar-refractivity contribution in [1.82, 2.24) is 4.90 Å². The third kappa shape index (κ3) is 4.48. The van der Waals surface area contributed by atoms with E-state index in [1.807, 2.05) is 18.2 Å². The molecule has 0 fully saturated rings. The minimum Gasteiger partial charge on any atom is -0.454 e. The lowest BCUT2D eigenvalue weighted by atomic mass is 10.0. The summed E-state index contributed by atoms with van der Waals surface area (Å²) in [5, 5.41) is 4.19. The van der Waals surface area contributed by atoms with Gasteiger partial charge in [-0.15, -0.1) is 0 Å². The molecule has 1 atom stereocenters. The molecule has 0 radical (unpaired) electrons. The highest BCUT2D eigenvalue weighted by molar-refractivity contribution is 6.01. The average Bonchev–Trinajstić information content (AvgIpc) is 3.38. The first-order valence-electron chi connectivity index (χ1n) is 9.26. The van der Waals surface area contributed by atoms with E-state index in [0.29, 0.717) is 31.0 Å². The number of hydrogen-bond acceptors (Lipinski definition) is 6. The monoisotopic (exact) mass is 400 g/mol. The predicted molar refractivity (Wildman–Crippen MR) is 102 cm³/mol. The van der Waals surface area contributed by atoms with E-state index in [-0.39, 0.29) is 31.2 Å². The molecule has 0 aliphatic carbocycles. The molecular weight excluding hydrogens is 379 g/mol. The van der Waals surface area contributed by atoms with E-state index in [9.17, 15) is 9.18 Å². The van der Waals surface area contributed by atoms with Crippen LogP contribution in [0.15, 0.2) is 47.6 Å². The van der Waals surface area contributed by atoms with Crippen molar-refractivity contribution in [3.05, 3.63) is 59.4 Å². The van der Waals surface area contributed by atoms with Gasteiger partial charge in [-0.05, 0) is 35.9 Å². The highest BCUT2D eigenvalue weighted by Gasteiger charge is 2.28. The summed E-state index contributed by atoms with van der Waals surface area (Å²) in [7, 11) is 1.47. The SMILES string of the molecule is COCC(=O)N(Cc1ccc(F)cc1)C[C@@H]1CC(c2ccc3c(c2)OCO3)=NO1. The van der Waals surface area contributed by atoms with Crippen LogP contribution in [-0.4, -0.2) is 49.7 Å². The number of rotatable bonds is 7. The third-order valence-electron chi connectivity index (χ3n) is 4.77. The minimum atomic E-state index is -0.315. The summed E-state index contributed by atoms with van der Waals surface area (Å²) in [5.74, 6) is 0.906. The molecule has 1 amide bonds. The molecule has 0 aromatic heterocycles. The zero-order valence-electron chi connectivity index (χ0n) is 16.0. The van der Waals surface area contributed by atoms with Gasteiger partial charge < -0.3 is 23.9 Å². The Labute approximate surface area is 167 Å². The quantitative estimate of drug-likeness (QED) is 0.715. The first-order valence-corrected chi connectivity index (χ1v) is 9.26. The molecule has 4 rings (SSSR count). The maximum absolute atomic E-state index is 13.2. The summed E-state index contributed by atoms with van der Waals surface area (Å²) in [4.78, 5) is 19.7. The van der Waals surface area contributed by atoms with Crippen molar-refractivity contribution < 1.29 is 28.2 Å². The van der Waals surface area contributed by atoms with Crippen molar-refractivity contribution in [2.45, 2.75) is 19.1 Å². The number of ether oxygens (including phenoxy) is 3. The van der Waals surface area contributed by atoms with E-state index in [1.165, 1.54) is 19.2 Å². The molecule has 0 bridgehead atoms. The van der Waals surface area contributed by atoms with Gasteiger partial charge in [0.2, 0.25) is 12.7 Å². The Bertz CT molecular complexity index is 916. The number of carbonyl (C=O) groups is 1. The molecule has 2 heterocycles. The Hall–Kier alpha value is -3.13. The fourth-order valence-electron chi connectivity index (χ4n) is 3.30. The molecule has 7 nitrogen and oxygen atoms in total. The second kappa shape index (κ2) is 8.48. The zero-order valence-corrected chi connectivity index (χ0v) is 16.0. The van der Waals surface area contributed by atoms with Crippen molar-refractivity contribution in [3.8, 4) is 11.5 Å². The second-order valence-corrected chi connectivity index (χ2v) is 6.87. The third-order valence-corrected chi connectivity index (χ3v) is 4.77. The smallest absolute Gasteiger partial charge is 0.248 e. The number of hydrogen-bond donors (Lipinski definition) is 0. The van der Waals surface area contributed by atoms with Gasteiger partial charge in [0, 0.05) is 25.6 Å². The van der Waals surface area contributed by atoms with Crippen molar-refractivity contribution in [1.29, 1.82) is 0 Å². The highest BCUT2D eigenvalue weighted by atomic mass is 19.1. The van der Waals surface area contributed by atoms with E-state index < -0.39 is 0 Å². The number of oxime groups is 1. The Morgan fingerprint density at radius 2 is 2.00 bits per heavy atom. The Morgan fingerprint density at radius 1 is 1.21 bits per heavy atom. The van der Waals surface area contributed by atoms with Crippen LogP contribution < -0.4 is 9.47 Å². The van der Waals surface area contributed by atoms with Crippen LogP contribution >= 0.6 is 0 Å². The van der Waals surface area contributed by atoms with Crippen molar-refractivity contribution >= 4 is 11.6 Å². The Balaban J connectivity index is 1.41. The van der Waals surface area contributed by atoms with Gasteiger partial charge in [-0.3, -0.25) is 4.79 Å². The average molecular weight is 400 g/mol. The molecule has 2 aromatic carbocycles. The normalized spacial score (nSPS) is 17.0. The molecule has 152 valence electrons. The number of fused-ring (bicyclic) bond motifs is 1. The number of benzene rings is 2. The molecule has 0 N–H and O–H groups in total. The van der Waals surface area contributed by atoms with Gasteiger partial charge in [-0.2, -0.15) is 0 Å². The van der Waals surface area contributed by atoms with Crippen LogP contribution in [0.1, 0.15) is 17.5 Å². The van der Waals surface area contributed by atoms with Crippen LogP contribution in [0, 0.1) is 5.82 Å². The molecule has 8 heteroatoms. The number of carbonyl (C=O) groups excluding carboxylic acids is 1. The van der Waals surface area contributed by atoms with Crippen molar-refractivity contribution in [3.63, 3.8) is 0 Å². The fraction of sp³-hybridized carbons (Fsp3) is 0.333. The summed E-state index contributed by atoms with van der Waals surface area (Å²) in [6, 6.07) is 11.7. The Kier molecular flexibility index (Phi) is 5.62. The minimum absolute atomic E-state index is 0.0379. The van der Waals surface area contributed by atoms with Gasteiger partial charge in [0.15, 0.2) is 17.6 Å².